The van der Waals surface area contributed by atoms with Crippen LogP contribution in [0.4, 0.5) is 4.79 Å². The number of ether oxygens (including phenoxy) is 3. The Morgan fingerprint density at radius 1 is 0.978 bits per heavy atom. The molecule has 2 N–H and O–H groups in total. The predicted octanol–water partition coefficient (Wildman–Crippen LogP) is 1.43. The second kappa shape index (κ2) is 15.9. The van der Waals surface area contributed by atoms with E-state index in [0.29, 0.717) is 30.3 Å². The molecule has 3 heterocycles. The van der Waals surface area contributed by atoms with Crippen LogP contribution in [-0.2, 0) is 28.7 Å². The summed E-state index contributed by atoms with van der Waals surface area (Å²) in [5.74, 6) is -3.04. The fourth-order valence-corrected chi connectivity index (χ4v) is 5.45. The van der Waals surface area contributed by atoms with E-state index in [2.05, 4.69) is 10.3 Å². The minimum absolute atomic E-state index is 0.105. The van der Waals surface area contributed by atoms with Crippen LogP contribution >= 0.6 is 0 Å². The third-order valence-electron chi connectivity index (χ3n) is 7.76. The molecular weight excluding hydrogens is 602 g/mol. The Kier molecular flexibility index (Phi) is 11.7. The molecule has 1 aromatic carbocycles. The third kappa shape index (κ3) is 8.40. The number of esters is 1. The Balaban J connectivity index is 1.48. The van der Waals surface area contributed by atoms with Crippen LogP contribution in [0.25, 0.3) is 10.9 Å². The number of piperazine rings is 1. The molecule has 2 aliphatic heterocycles. The lowest BCUT2D eigenvalue weighted by Gasteiger charge is -2.35. The molecule has 0 spiro atoms. The van der Waals surface area contributed by atoms with Crippen molar-refractivity contribution in [3.8, 4) is 5.75 Å². The second-order valence-corrected chi connectivity index (χ2v) is 10.8. The maximum absolute atomic E-state index is 13.5. The van der Waals surface area contributed by atoms with Crippen LogP contribution in [0.15, 0.2) is 30.3 Å². The number of likely N-dealkylation sites (tertiary alicyclic amines) is 1. The van der Waals surface area contributed by atoms with Gasteiger partial charge in [-0.05, 0) is 45.2 Å². The number of carboxylic acid groups (broad SMARTS) is 1. The molecular formula is C31H39N5O10. The number of fused-ring (bicyclic) bond motifs is 1. The third-order valence-corrected chi connectivity index (χ3v) is 7.76. The topological polar surface area (TPSA) is 185 Å². The highest BCUT2D eigenvalue weighted by atomic mass is 16.6. The van der Waals surface area contributed by atoms with E-state index in [0.717, 1.165) is 0 Å². The van der Waals surface area contributed by atoms with Gasteiger partial charge in [0.05, 0.1) is 18.7 Å². The van der Waals surface area contributed by atoms with Crippen molar-refractivity contribution in [1.29, 1.82) is 0 Å². The highest BCUT2D eigenvalue weighted by Crippen LogP contribution is 2.26. The summed E-state index contributed by atoms with van der Waals surface area (Å²) in [6.45, 7) is 4.64. The minimum atomic E-state index is -1.17. The summed E-state index contributed by atoms with van der Waals surface area (Å²) in [4.78, 5) is 84.5. The Morgan fingerprint density at radius 2 is 1.67 bits per heavy atom. The second-order valence-electron chi connectivity index (χ2n) is 10.8. The summed E-state index contributed by atoms with van der Waals surface area (Å²) < 4.78 is 16.0. The number of nitrogens with one attached hydrogen (secondary N) is 1. The van der Waals surface area contributed by atoms with Gasteiger partial charge in [0.15, 0.2) is 6.61 Å². The summed E-state index contributed by atoms with van der Waals surface area (Å²) in [6, 6.07) is 6.35. The monoisotopic (exact) mass is 641 g/mol. The van der Waals surface area contributed by atoms with Gasteiger partial charge in [0.2, 0.25) is 5.91 Å². The molecule has 2 aromatic rings. The van der Waals surface area contributed by atoms with E-state index in [1.807, 2.05) is 0 Å². The molecule has 0 saturated carbocycles. The molecule has 0 radical (unpaired) electrons. The van der Waals surface area contributed by atoms with Gasteiger partial charge in [-0.2, -0.15) is 0 Å². The number of benzene rings is 1. The number of carboxylic acids is 1. The summed E-state index contributed by atoms with van der Waals surface area (Å²) in [5, 5.41) is 12.4. The van der Waals surface area contributed by atoms with Crippen molar-refractivity contribution >= 4 is 46.7 Å². The number of hydrogen-bond acceptors (Lipinski definition) is 10. The number of pyridine rings is 1. The van der Waals surface area contributed by atoms with Crippen LogP contribution < -0.4 is 10.1 Å². The maximum Gasteiger partial charge on any atom is 0.409 e. The van der Waals surface area contributed by atoms with Crippen LogP contribution in [0.1, 0.15) is 50.0 Å². The van der Waals surface area contributed by atoms with Gasteiger partial charge in [-0.25, -0.2) is 14.6 Å². The largest absolute Gasteiger partial charge is 0.483 e. The number of nitrogens with zero attached hydrogens (tertiary/aromatic N) is 4. The average Bonchev–Trinajstić information content (AvgIpc) is 3.55. The molecule has 0 aliphatic carbocycles. The zero-order valence-electron chi connectivity index (χ0n) is 25.9. The number of carbonyl (C=O) groups is 6. The van der Waals surface area contributed by atoms with Crippen LogP contribution in [0.5, 0.6) is 5.75 Å². The first-order valence-corrected chi connectivity index (χ1v) is 15.3. The van der Waals surface area contributed by atoms with Crippen molar-refractivity contribution in [3.63, 3.8) is 0 Å². The van der Waals surface area contributed by atoms with Crippen molar-refractivity contribution in [2.24, 2.45) is 0 Å². The quantitative estimate of drug-likeness (QED) is 0.320. The van der Waals surface area contributed by atoms with E-state index >= 15 is 0 Å². The molecule has 1 aromatic heterocycles. The molecule has 2 atom stereocenters. The van der Waals surface area contributed by atoms with Crippen molar-refractivity contribution in [2.45, 2.75) is 51.6 Å². The summed E-state index contributed by atoms with van der Waals surface area (Å²) >= 11 is 0. The van der Waals surface area contributed by atoms with E-state index in [4.69, 9.17) is 14.2 Å². The molecule has 4 amide bonds. The number of carbonyl (C=O) groups excluding carboxylic acids is 5. The van der Waals surface area contributed by atoms with E-state index in [-0.39, 0.29) is 63.7 Å². The van der Waals surface area contributed by atoms with Crippen molar-refractivity contribution in [3.05, 3.63) is 36.0 Å². The smallest absolute Gasteiger partial charge is 0.409 e. The Hall–Kier alpha value is -4.95. The van der Waals surface area contributed by atoms with Crippen LogP contribution in [0, 0.1) is 0 Å². The van der Waals surface area contributed by atoms with Gasteiger partial charge in [-0.15, -0.1) is 0 Å². The number of aromatic nitrogens is 1. The van der Waals surface area contributed by atoms with Gasteiger partial charge in [0, 0.05) is 50.6 Å². The molecule has 0 unspecified atom stereocenters. The van der Waals surface area contributed by atoms with Crippen LogP contribution in [0.2, 0.25) is 0 Å². The minimum Gasteiger partial charge on any atom is -0.483 e. The van der Waals surface area contributed by atoms with Crippen molar-refractivity contribution in [2.75, 3.05) is 52.5 Å². The van der Waals surface area contributed by atoms with Gasteiger partial charge in [-0.3, -0.25) is 19.2 Å². The maximum atomic E-state index is 13.5. The van der Waals surface area contributed by atoms with Crippen LogP contribution in [0.3, 0.4) is 0 Å². The van der Waals surface area contributed by atoms with Gasteiger partial charge in [-0.1, -0.05) is 12.1 Å². The normalized spacial score (nSPS) is 16.9. The summed E-state index contributed by atoms with van der Waals surface area (Å²) in [5.41, 5.74) is 0.290. The molecule has 2 saturated heterocycles. The molecule has 248 valence electrons. The molecule has 0 bridgehead atoms. The fourth-order valence-electron chi connectivity index (χ4n) is 5.45. The first kappa shape index (κ1) is 33.9. The van der Waals surface area contributed by atoms with E-state index in [1.165, 1.54) is 20.8 Å². The molecule has 15 nitrogen and oxygen atoms in total. The number of para-hydroxylation sites is 1. The number of aliphatic carboxylic acids is 1. The van der Waals surface area contributed by atoms with E-state index in [9.17, 15) is 33.9 Å². The zero-order valence-corrected chi connectivity index (χ0v) is 25.9. The Morgan fingerprint density at radius 3 is 2.37 bits per heavy atom. The predicted molar refractivity (Wildman–Crippen MR) is 162 cm³/mol. The number of rotatable bonds is 12. The lowest BCUT2D eigenvalue weighted by Crippen LogP contribution is -2.56. The Bertz CT molecular complexity index is 1460. The SMILES string of the molecule is CCOC(=O)[C@@H]1CCCN1C(=O)COc1cc(C(=O)N[C@@H](CCC(=O)O)C(=O)N2CCN(C(=O)OCC)CC2)nc2ccccc12. The molecule has 2 aliphatic rings. The number of amides is 4. The number of hydrogen-bond donors (Lipinski definition) is 2. The van der Waals surface area contributed by atoms with E-state index in [1.54, 1.807) is 38.1 Å². The van der Waals surface area contributed by atoms with Crippen molar-refractivity contribution in [1.82, 2.24) is 25.0 Å². The standard InChI is InChI=1S/C31H39N5O10/c1-3-44-30(42)24-10-7-13-36(24)26(37)19-46-25-18-23(32-21-9-6-5-8-20(21)25)28(40)33-22(11-12-27(38)39)29(41)34-14-16-35(17-15-34)31(43)45-4-2/h5-6,8-9,18,22,24H,3-4,7,10-17,19H2,1-2H3,(H,33,40)(H,38,39)/t22-,24-/m0/s1. The van der Waals surface area contributed by atoms with Gasteiger partial charge in [0.25, 0.3) is 11.8 Å². The molecule has 2 fully saturated rings. The highest BCUT2D eigenvalue weighted by Gasteiger charge is 2.35. The summed E-state index contributed by atoms with van der Waals surface area (Å²) in [7, 11) is 0. The van der Waals surface area contributed by atoms with Crippen molar-refractivity contribution < 1.29 is 48.1 Å². The molecule has 4 rings (SSSR count). The summed E-state index contributed by atoms with van der Waals surface area (Å²) in [6.07, 6.45) is 0.133. The Labute approximate surface area is 265 Å². The van der Waals surface area contributed by atoms with Crippen LogP contribution in [-0.4, -0.2) is 125 Å². The first-order chi connectivity index (χ1) is 22.1. The fraction of sp³-hybridized carbons (Fsp3) is 0.516. The lowest BCUT2D eigenvalue weighted by atomic mass is 10.1. The van der Waals surface area contributed by atoms with Gasteiger partial charge in [0.1, 0.15) is 23.5 Å². The van der Waals surface area contributed by atoms with Gasteiger partial charge < -0.3 is 39.3 Å². The van der Waals surface area contributed by atoms with Gasteiger partial charge >= 0.3 is 18.0 Å². The lowest BCUT2D eigenvalue weighted by molar-refractivity contribution is -0.153. The highest BCUT2D eigenvalue weighted by molar-refractivity contribution is 5.99. The van der Waals surface area contributed by atoms with E-state index < -0.39 is 54.4 Å². The average molecular weight is 642 g/mol. The molecule has 46 heavy (non-hydrogen) atoms. The molecule has 15 heteroatoms. The first-order valence-electron chi connectivity index (χ1n) is 15.3. The zero-order chi connectivity index (χ0) is 33.2.